The van der Waals surface area contributed by atoms with Crippen molar-refractivity contribution in [3.63, 3.8) is 0 Å². The first-order chi connectivity index (χ1) is 15.3. The summed E-state index contributed by atoms with van der Waals surface area (Å²) in [5.41, 5.74) is 1.12. The molecule has 168 valence electrons. The van der Waals surface area contributed by atoms with Crippen LogP contribution in [0, 0.1) is 6.92 Å². The third-order valence-electron chi connectivity index (χ3n) is 5.04. The number of halogens is 1. The molecular weight excluding hydrogens is 470 g/mol. The summed E-state index contributed by atoms with van der Waals surface area (Å²) in [7, 11) is -3.48. The van der Waals surface area contributed by atoms with Gasteiger partial charge in [-0.3, -0.25) is 4.79 Å². The van der Waals surface area contributed by atoms with Crippen LogP contribution in [0.1, 0.15) is 33.2 Å². The fourth-order valence-corrected chi connectivity index (χ4v) is 5.89. The lowest BCUT2D eigenvalue weighted by atomic mass is 10.3. The lowest BCUT2D eigenvalue weighted by molar-refractivity contribution is 0.103. The third kappa shape index (κ3) is 5.12. The molecule has 0 bridgehead atoms. The smallest absolute Gasteiger partial charge is 0.267 e. The number of carbonyl (C=O) groups is 1. The van der Waals surface area contributed by atoms with Crippen LogP contribution in [0.4, 0.5) is 5.69 Å². The average Bonchev–Trinajstić information content (AvgIpc) is 3.44. The molecule has 1 fully saturated rings. The minimum atomic E-state index is -3.48. The molecule has 10 heteroatoms. The first-order valence-electron chi connectivity index (χ1n) is 10.1. The van der Waals surface area contributed by atoms with Crippen LogP contribution in [0.3, 0.4) is 0 Å². The predicted molar refractivity (Wildman–Crippen MR) is 125 cm³/mol. The van der Waals surface area contributed by atoms with Gasteiger partial charge in [-0.05, 0) is 68.3 Å². The zero-order valence-electron chi connectivity index (χ0n) is 17.4. The summed E-state index contributed by atoms with van der Waals surface area (Å²) >= 11 is 7.13. The van der Waals surface area contributed by atoms with Crippen molar-refractivity contribution in [1.29, 1.82) is 0 Å². The molecule has 2 aromatic carbocycles. The maximum atomic E-state index is 12.7. The van der Waals surface area contributed by atoms with Crippen molar-refractivity contribution in [3.05, 3.63) is 69.1 Å². The summed E-state index contributed by atoms with van der Waals surface area (Å²) in [4.78, 5) is 17.9. The van der Waals surface area contributed by atoms with Gasteiger partial charge in [0.15, 0.2) is 0 Å². The van der Waals surface area contributed by atoms with E-state index < -0.39 is 10.0 Å². The van der Waals surface area contributed by atoms with Gasteiger partial charge in [-0.25, -0.2) is 13.4 Å². The first-order valence-corrected chi connectivity index (χ1v) is 12.7. The highest BCUT2D eigenvalue weighted by Gasteiger charge is 2.27. The average molecular weight is 492 g/mol. The number of ether oxygens (including phenoxy) is 1. The molecule has 1 saturated heterocycles. The second-order valence-corrected chi connectivity index (χ2v) is 10.8. The number of hydrogen-bond donors (Lipinski definition) is 1. The van der Waals surface area contributed by atoms with E-state index in [4.69, 9.17) is 16.3 Å². The number of nitrogens with zero attached hydrogens (tertiary/aromatic N) is 2. The largest absolute Gasteiger partial charge is 0.486 e. The van der Waals surface area contributed by atoms with Gasteiger partial charge in [0.2, 0.25) is 10.0 Å². The monoisotopic (exact) mass is 491 g/mol. The van der Waals surface area contributed by atoms with Gasteiger partial charge in [0.05, 0.1) is 10.6 Å². The Hall–Kier alpha value is -2.46. The van der Waals surface area contributed by atoms with Crippen molar-refractivity contribution < 1.29 is 17.9 Å². The molecule has 0 unspecified atom stereocenters. The number of aromatic nitrogens is 1. The van der Waals surface area contributed by atoms with Gasteiger partial charge in [-0.2, -0.15) is 4.31 Å². The quantitative estimate of drug-likeness (QED) is 0.516. The van der Waals surface area contributed by atoms with Gasteiger partial charge < -0.3 is 10.1 Å². The summed E-state index contributed by atoms with van der Waals surface area (Å²) in [6, 6.07) is 13.3. The molecule has 1 aromatic heterocycles. The standard InChI is InChI=1S/C22H22ClN3O4S2/c1-15-21(31-20(24-15)14-30-18-8-4-16(23)5-9-18)22(27)25-17-6-10-19(11-7-17)32(28,29)26-12-2-3-13-26/h4-11H,2-3,12-14H2,1H3,(H,25,27). The van der Waals surface area contributed by atoms with E-state index in [0.29, 0.717) is 45.1 Å². The summed E-state index contributed by atoms with van der Waals surface area (Å²) in [6.07, 6.45) is 1.77. The van der Waals surface area contributed by atoms with Crippen LogP contribution in [0.15, 0.2) is 53.4 Å². The highest BCUT2D eigenvalue weighted by Crippen LogP contribution is 2.25. The Balaban J connectivity index is 1.40. The molecular formula is C22H22ClN3O4S2. The third-order valence-corrected chi connectivity index (χ3v) is 8.33. The van der Waals surface area contributed by atoms with Crippen molar-refractivity contribution in [2.45, 2.75) is 31.3 Å². The highest BCUT2D eigenvalue weighted by atomic mass is 35.5. The topological polar surface area (TPSA) is 88.6 Å². The van der Waals surface area contributed by atoms with Crippen molar-refractivity contribution in [1.82, 2.24) is 9.29 Å². The number of sulfonamides is 1. The van der Waals surface area contributed by atoms with Crippen LogP contribution in [0.2, 0.25) is 5.02 Å². The van der Waals surface area contributed by atoms with Gasteiger partial charge in [0.1, 0.15) is 22.2 Å². The van der Waals surface area contributed by atoms with E-state index in [0.717, 1.165) is 12.8 Å². The number of carbonyl (C=O) groups excluding carboxylic acids is 1. The molecule has 2 heterocycles. The minimum Gasteiger partial charge on any atom is -0.486 e. The highest BCUT2D eigenvalue weighted by molar-refractivity contribution is 7.89. The van der Waals surface area contributed by atoms with Crippen LogP contribution >= 0.6 is 22.9 Å². The fraction of sp³-hybridized carbons (Fsp3) is 0.273. The Morgan fingerprint density at radius 3 is 2.44 bits per heavy atom. The van der Waals surface area contributed by atoms with E-state index in [2.05, 4.69) is 10.3 Å². The number of aryl methyl sites for hydroxylation is 1. The van der Waals surface area contributed by atoms with E-state index in [-0.39, 0.29) is 17.4 Å². The maximum Gasteiger partial charge on any atom is 0.267 e. The summed E-state index contributed by atoms with van der Waals surface area (Å²) in [6.45, 7) is 3.11. The van der Waals surface area contributed by atoms with E-state index in [1.54, 1.807) is 43.3 Å². The van der Waals surface area contributed by atoms with Crippen LogP contribution in [0.25, 0.3) is 0 Å². The van der Waals surface area contributed by atoms with Gasteiger partial charge >= 0.3 is 0 Å². The van der Waals surface area contributed by atoms with Crippen LogP contribution in [-0.4, -0.2) is 36.7 Å². The van der Waals surface area contributed by atoms with Gasteiger partial charge in [0.25, 0.3) is 5.91 Å². The summed E-state index contributed by atoms with van der Waals surface area (Å²) in [5.74, 6) is 0.366. The van der Waals surface area contributed by atoms with Crippen molar-refractivity contribution in [2.75, 3.05) is 18.4 Å². The van der Waals surface area contributed by atoms with Crippen LogP contribution < -0.4 is 10.1 Å². The van der Waals surface area contributed by atoms with Crippen LogP contribution in [-0.2, 0) is 16.6 Å². The number of benzene rings is 2. The zero-order chi connectivity index (χ0) is 22.7. The number of anilines is 1. The number of nitrogens with one attached hydrogen (secondary N) is 1. The molecule has 4 rings (SSSR count). The molecule has 1 aliphatic rings. The predicted octanol–water partition coefficient (Wildman–Crippen LogP) is 4.72. The van der Waals surface area contributed by atoms with Crippen molar-refractivity contribution >= 4 is 44.6 Å². The Kier molecular flexibility index (Phi) is 6.80. The molecule has 0 radical (unpaired) electrons. The zero-order valence-corrected chi connectivity index (χ0v) is 19.8. The molecule has 3 aromatic rings. The Labute approximate surface area is 196 Å². The molecule has 7 nitrogen and oxygen atoms in total. The van der Waals surface area contributed by atoms with E-state index in [1.807, 2.05) is 0 Å². The van der Waals surface area contributed by atoms with Gasteiger partial charge in [-0.15, -0.1) is 11.3 Å². The van der Waals surface area contributed by atoms with Gasteiger partial charge in [0, 0.05) is 23.8 Å². The number of hydrogen-bond acceptors (Lipinski definition) is 6. The summed E-state index contributed by atoms with van der Waals surface area (Å²) in [5, 5.41) is 4.11. The molecule has 0 atom stereocenters. The Morgan fingerprint density at radius 2 is 1.78 bits per heavy atom. The second kappa shape index (κ2) is 9.58. The van der Waals surface area contributed by atoms with E-state index in [1.165, 1.54) is 27.8 Å². The fourth-order valence-electron chi connectivity index (χ4n) is 3.38. The molecule has 1 N–H and O–H groups in total. The molecule has 1 aliphatic heterocycles. The number of amides is 1. The van der Waals surface area contributed by atoms with E-state index >= 15 is 0 Å². The van der Waals surface area contributed by atoms with Gasteiger partial charge in [-0.1, -0.05) is 11.6 Å². The molecule has 1 amide bonds. The normalized spacial score (nSPS) is 14.4. The second-order valence-electron chi connectivity index (χ2n) is 7.35. The Morgan fingerprint density at radius 1 is 1.12 bits per heavy atom. The lowest BCUT2D eigenvalue weighted by Crippen LogP contribution is -2.27. The van der Waals surface area contributed by atoms with Crippen molar-refractivity contribution in [2.24, 2.45) is 0 Å². The number of rotatable bonds is 7. The maximum absolute atomic E-state index is 12.7. The molecule has 0 aliphatic carbocycles. The molecule has 0 spiro atoms. The minimum absolute atomic E-state index is 0.230. The first kappa shape index (κ1) is 22.7. The van der Waals surface area contributed by atoms with Crippen LogP contribution in [0.5, 0.6) is 5.75 Å². The number of thiazole rings is 1. The van der Waals surface area contributed by atoms with Crippen molar-refractivity contribution in [3.8, 4) is 5.75 Å². The summed E-state index contributed by atoms with van der Waals surface area (Å²) < 4.78 is 32.5. The Bertz CT molecular complexity index is 1200. The SMILES string of the molecule is Cc1nc(COc2ccc(Cl)cc2)sc1C(=O)Nc1ccc(S(=O)(=O)N2CCCC2)cc1. The van der Waals surface area contributed by atoms with E-state index in [9.17, 15) is 13.2 Å². The molecule has 0 saturated carbocycles. The molecule has 32 heavy (non-hydrogen) atoms. The lowest BCUT2D eigenvalue weighted by Gasteiger charge is -2.15.